The van der Waals surface area contributed by atoms with Crippen LogP contribution in [0.15, 0.2) is 267 Å². The molecule has 2 heterocycles. The Kier molecular flexibility index (Phi) is 9.17. The van der Waals surface area contributed by atoms with Crippen LogP contribution in [0.5, 0.6) is 0 Å². The Labute approximate surface area is 405 Å². The highest BCUT2D eigenvalue weighted by Crippen LogP contribution is 2.50. The van der Waals surface area contributed by atoms with E-state index in [0.29, 0.717) is 0 Å². The minimum atomic E-state index is 1.09. The summed E-state index contributed by atoms with van der Waals surface area (Å²) in [5.74, 6) is 0. The Hall–Kier alpha value is -9.38. The molecule has 0 atom stereocenters. The average Bonchev–Trinajstić information content (AvgIpc) is 3.97. The van der Waals surface area contributed by atoms with E-state index >= 15 is 0 Å². The number of nitrogens with zero attached hydrogens (tertiary/aromatic N) is 4. The molecule has 14 rings (SSSR count). The van der Waals surface area contributed by atoms with Crippen molar-refractivity contribution in [1.82, 2.24) is 9.13 Å². The Morgan fingerprint density at radius 2 is 0.443 bits per heavy atom. The fourth-order valence-corrected chi connectivity index (χ4v) is 11.3. The van der Waals surface area contributed by atoms with Crippen LogP contribution in [0, 0.1) is 0 Å². The van der Waals surface area contributed by atoms with Gasteiger partial charge in [-0.1, -0.05) is 158 Å². The number of hydrogen-bond acceptors (Lipinski definition) is 2. The summed E-state index contributed by atoms with van der Waals surface area (Å²) in [7, 11) is 0. The zero-order chi connectivity index (χ0) is 46.1. The van der Waals surface area contributed by atoms with Gasteiger partial charge >= 0.3 is 0 Å². The molecular weight excluding hydrogens is 849 g/mol. The maximum absolute atomic E-state index is 2.53. The highest BCUT2D eigenvalue weighted by Gasteiger charge is 2.26. The van der Waals surface area contributed by atoms with Gasteiger partial charge in [0, 0.05) is 77.8 Å². The number of rotatable bonds is 8. The van der Waals surface area contributed by atoms with Gasteiger partial charge in [-0.2, -0.15) is 0 Å². The molecule has 0 aliphatic heterocycles. The molecule has 0 amide bonds. The summed E-state index contributed by atoms with van der Waals surface area (Å²) in [4.78, 5) is 4.66. The summed E-state index contributed by atoms with van der Waals surface area (Å²) in [6.07, 6.45) is 0. The van der Waals surface area contributed by atoms with Crippen molar-refractivity contribution in [3.8, 4) is 11.4 Å². The standard InChI is InChI=1S/C66H44N4/c1-5-21-45(22-6-1)67(46-23-7-2-8-24-46)49-37-41-51(42-38-49)69-59-35-19-17-33-57(59)61-53-29-13-16-32-56(53)64-63(65(61)69)55-31-15-14-30-54(55)62-58-34-18-20-36-60(58)70(66(62)64)52-43-39-50(40-44-52)68(47-25-9-3-10-26-47)48-27-11-4-12-28-48/h1-44H. The highest BCUT2D eigenvalue weighted by molar-refractivity contribution is 6.44. The molecule has 0 bridgehead atoms. The van der Waals surface area contributed by atoms with E-state index in [0.717, 1.165) is 45.5 Å². The van der Waals surface area contributed by atoms with Crippen molar-refractivity contribution in [2.24, 2.45) is 0 Å². The van der Waals surface area contributed by atoms with Crippen molar-refractivity contribution >= 4 is 110 Å². The van der Waals surface area contributed by atoms with Crippen LogP contribution in [-0.4, -0.2) is 9.13 Å². The van der Waals surface area contributed by atoms with E-state index in [4.69, 9.17) is 0 Å². The monoisotopic (exact) mass is 892 g/mol. The van der Waals surface area contributed by atoms with Crippen molar-refractivity contribution in [3.05, 3.63) is 267 Å². The van der Waals surface area contributed by atoms with Crippen LogP contribution in [-0.2, 0) is 0 Å². The van der Waals surface area contributed by atoms with Crippen molar-refractivity contribution in [3.63, 3.8) is 0 Å². The van der Waals surface area contributed by atoms with Crippen LogP contribution in [0.2, 0.25) is 0 Å². The first-order valence-corrected chi connectivity index (χ1v) is 24.0. The predicted octanol–water partition coefficient (Wildman–Crippen LogP) is 18.3. The molecule has 0 aliphatic carbocycles. The molecule has 0 saturated carbocycles. The molecule has 70 heavy (non-hydrogen) atoms. The molecule has 12 aromatic carbocycles. The van der Waals surface area contributed by atoms with Crippen molar-refractivity contribution < 1.29 is 0 Å². The van der Waals surface area contributed by atoms with Crippen LogP contribution in [0.4, 0.5) is 34.1 Å². The van der Waals surface area contributed by atoms with E-state index < -0.39 is 0 Å². The summed E-state index contributed by atoms with van der Waals surface area (Å²) in [6, 6.07) is 96.9. The van der Waals surface area contributed by atoms with Crippen LogP contribution in [0.25, 0.3) is 87.3 Å². The van der Waals surface area contributed by atoms with E-state index in [1.54, 1.807) is 0 Å². The molecule has 0 aliphatic rings. The van der Waals surface area contributed by atoms with Crippen molar-refractivity contribution in [1.29, 1.82) is 0 Å². The van der Waals surface area contributed by atoms with Gasteiger partial charge in [0.05, 0.1) is 22.1 Å². The first-order valence-electron chi connectivity index (χ1n) is 24.0. The maximum Gasteiger partial charge on any atom is 0.0633 e. The van der Waals surface area contributed by atoms with E-state index in [9.17, 15) is 0 Å². The summed E-state index contributed by atoms with van der Waals surface area (Å²) in [6.45, 7) is 0. The minimum absolute atomic E-state index is 1.09. The fraction of sp³-hybridized carbons (Fsp3) is 0. The van der Waals surface area contributed by atoms with E-state index in [-0.39, 0.29) is 0 Å². The van der Waals surface area contributed by atoms with Gasteiger partial charge in [-0.3, -0.25) is 0 Å². The third-order valence-corrected chi connectivity index (χ3v) is 14.2. The summed E-state index contributed by atoms with van der Waals surface area (Å²) in [5, 5.41) is 12.4. The quantitative estimate of drug-likeness (QED) is 0.141. The SMILES string of the molecule is c1ccc(N(c2ccccc2)c2ccc(-n3c4ccccc4c4c5ccccc5c5c(c6ccccc6c6c7ccccc7n(-c7ccc(N(c8ccccc8)c8ccccc8)cc7)c65)c43)cc2)cc1. The lowest BCUT2D eigenvalue weighted by molar-refractivity contribution is 1.18. The molecule has 0 saturated heterocycles. The Morgan fingerprint density at radius 3 is 0.757 bits per heavy atom. The summed E-state index contributed by atoms with van der Waals surface area (Å²) < 4.78 is 5.06. The number of aromatic nitrogens is 2. The smallest absolute Gasteiger partial charge is 0.0633 e. The van der Waals surface area contributed by atoms with Gasteiger partial charge < -0.3 is 18.9 Å². The van der Waals surface area contributed by atoms with Crippen LogP contribution in [0.3, 0.4) is 0 Å². The van der Waals surface area contributed by atoms with Crippen molar-refractivity contribution in [2.45, 2.75) is 0 Å². The molecule has 328 valence electrons. The molecule has 0 fully saturated rings. The summed E-state index contributed by atoms with van der Waals surface area (Å²) in [5.41, 5.74) is 13.6. The highest BCUT2D eigenvalue weighted by atomic mass is 15.1. The normalized spacial score (nSPS) is 11.7. The first kappa shape index (κ1) is 39.8. The van der Waals surface area contributed by atoms with Crippen LogP contribution < -0.4 is 9.80 Å². The average molecular weight is 893 g/mol. The van der Waals surface area contributed by atoms with Crippen LogP contribution >= 0.6 is 0 Å². The number of anilines is 6. The molecule has 2 aromatic heterocycles. The second-order valence-electron chi connectivity index (χ2n) is 18.0. The van der Waals surface area contributed by atoms with Gasteiger partial charge in [0.15, 0.2) is 0 Å². The lowest BCUT2D eigenvalue weighted by Gasteiger charge is -2.26. The largest absolute Gasteiger partial charge is 0.311 e. The molecule has 14 aromatic rings. The molecular formula is C66H44N4. The fourth-order valence-electron chi connectivity index (χ4n) is 11.3. The van der Waals surface area contributed by atoms with Gasteiger partial charge in [-0.05, 0) is 131 Å². The number of para-hydroxylation sites is 6. The summed E-state index contributed by atoms with van der Waals surface area (Å²) >= 11 is 0. The third-order valence-electron chi connectivity index (χ3n) is 14.2. The van der Waals surface area contributed by atoms with E-state index in [2.05, 4.69) is 286 Å². The second kappa shape index (κ2) is 16.2. The van der Waals surface area contributed by atoms with Gasteiger partial charge in [-0.25, -0.2) is 0 Å². The van der Waals surface area contributed by atoms with Crippen LogP contribution in [0.1, 0.15) is 0 Å². The first-order chi connectivity index (χ1) is 34.8. The number of benzene rings is 12. The molecule has 0 N–H and O–H groups in total. The Morgan fingerprint density at radius 1 is 0.200 bits per heavy atom. The number of fused-ring (bicyclic) bond motifs is 15. The van der Waals surface area contributed by atoms with E-state index in [1.807, 2.05) is 0 Å². The molecule has 0 radical (unpaired) electrons. The van der Waals surface area contributed by atoms with Gasteiger partial charge in [-0.15, -0.1) is 0 Å². The zero-order valence-electron chi connectivity index (χ0n) is 38.2. The molecule has 4 heteroatoms. The zero-order valence-corrected chi connectivity index (χ0v) is 38.2. The second-order valence-corrected chi connectivity index (χ2v) is 18.0. The number of hydrogen-bond donors (Lipinski definition) is 0. The lowest BCUT2D eigenvalue weighted by Crippen LogP contribution is -2.09. The van der Waals surface area contributed by atoms with Gasteiger partial charge in [0.1, 0.15) is 0 Å². The maximum atomic E-state index is 2.53. The third kappa shape index (κ3) is 6.10. The Bertz CT molecular complexity index is 3900. The minimum Gasteiger partial charge on any atom is -0.311 e. The Balaban J connectivity index is 1.08. The van der Waals surface area contributed by atoms with E-state index in [1.165, 1.54) is 75.9 Å². The molecule has 4 nitrogen and oxygen atoms in total. The topological polar surface area (TPSA) is 16.3 Å². The molecule has 0 spiro atoms. The molecule has 0 unspecified atom stereocenters. The predicted molar refractivity (Wildman–Crippen MR) is 297 cm³/mol. The van der Waals surface area contributed by atoms with Gasteiger partial charge in [0.25, 0.3) is 0 Å². The van der Waals surface area contributed by atoms with Gasteiger partial charge in [0.2, 0.25) is 0 Å². The lowest BCUT2D eigenvalue weighted by atomic mass is 9.90. The van der Waals surface area contributed by atoms with Crippen molar-refractivity contribution in [2.75, 3.05) is 9.80 Å².